The molecular formula is C20H20FN3O3S. The van der Waals surface area contributed by atoms with Gasteiger partial charge in [-0.05, 0) is 50.1 Å². The minimum absolute atomic E-state index is 0.0855. The van der Waals surface area contributed by atoms with Crippen molar-refractivity contribution in [1.82, 2.24) is 14.8 Å². The molecule has 1 saturated heterocycles. The van der Waals surface area contributed by atoms with Gasteiger partial charge in [0.2, 0.25) is 0 Å². The Hall–Kier alpha value is -2.45. The lowest BCUT2D eigenvalue weighted by Crippen LogP contribution is -2.17. The molecule has 1 aliphatic heterocycles. The zero-order valence-electron chi connectivity index (χ0n) is 15.4. The van der Waals surface area contributed by atoms with Crippen LogP contribution in [0.1, 0.15) is 29.0 Å². The standard InChI is InChI=1S/C20H20FN3O3S/c1-13-17(8-10-26-13)19-22-23-20(24(19)11-16-3-2-9-27-16)28-12-18(25)14-4-6-15(21)7-5-14/h4-8,10,16H,2-3,9,11-12H2,1H3/t16-/m1/s1. The fourth-order valence-corrected chi connectivity index (χ4v) is 4.06. The molecule has 0 bridgehead atoms. The zero-order chi connectivity index (χ0) is 19.5. The first kappa shape index (κ1) is 18.9. The van der Waals surface area contributed by atoms with Crippen molar-refractivity contribution < 1.29 is 18.3 Å². The highest BCUT2D eigenvalue weighted by Crippen LogP contribution is 2.29. The first-order valence-electron chi connectivity index (χ1n) is 9.12. The second-order valence-corrected chi connectivity index (χ2v) is 7.60. The molecule has 0 amide bonds. The predicted molar refractivity (Wildman–Crippen MR) is 103 cm³/mol. The number of rotatable bonds is 7. The zero-order valence-corrected chi connectivity index (χ0v) is 16.2. The minimum Gasteiger partial charge on any atom is -0.469 e. The van der Waals surface area contributed by atoms with Gasteiger partial charge in [-0.1, -0.05) is 11.8 Å². The molecule has 8 heteroatoms. The molecule has 0 unspecified atom stereocenters. The Kier molecular flexibility index (Phi) is 5.59. The molecule has 1 aromatic carbocycles. The molecule has 0 radical (unpaired) electrons. The first-order valence-corrected chi connectivity index (χ1v) is 10.1. The number of nitrogens with zero attached hydrogens (tertiary/aromatic N) is 3. The maximum Gasteiger partial charge on any atom is 0.192 e. The number of benzene rings is 1. The molecule has 1 aliphatic rings. The third kappa shape index (κ3) is 4.02. The van der Waals surface area contributed by atoms with Gasteiger partial charge in [0.05, 0.1) is 30.2 Å². The molecule has 3 heterocycles. The van der Waals surface area contributed by atoms with E-state index in [1.165, 1.54) is 36.0 Å². The molecule has 1 atom stereocenters. The van der Waals surface area contributed by atoms with Crippen molar-refractivity contribution in [1.29, 1.82) is 0 Å². The summed E-state index contributed by atoms with van der Waals surface area (Å²) in [5.41, 5.74) is 1.35. The van der Waals surface area contributed by atoms with E-state index >= 15 is 0 Å². The summed E-state index contributed by atoms with van der Waals surface area (Å²) < 4.78 is 26.2. The number of halogens is 1. The van der Waals surface area contributed by atoms with Gasteiger partial charge in [-0.2, -0.15) is 0 Å². The molecule has 2 aromatic heterocycles. The highest BCUT2D eigenvalue weighted by molar-refractivity contribution is 7.99. The van der Waals surface area contributed by atoms with Crippen molar-refractivity contribution in [3.05, 3.63) is 53.7 Å². The van der Waals surface area contributed by atoms with Gasteiger partial charge in [0.1, 0.15) is 11.6 Å². The molecule has 146 valence electrons. The number of ether oxygens (including phenoxy) is 1. The number of carbonyl (C=O) groups excluding carboxylic acids is 1. The summed E-state index contributed by atoms with van der Waals surface area (Å²) in [6.07, 6.45) is 3.76. The lowest BCUT2D eigenvalue weighted by molar-refractivity contribution is 0.0953. The van der Waals surface area contributed by atoms with Gasteiger partial charge in [0.15, 0.2) is 16.8 Å². The van der Waals surface area contributed by atoms with E-state index in [2.05, 4.69) is 10.2 Å². The summed E-state index contributed by atoms with van der Waals surface area (Å²) in [5.74, 6) is 1.22. The van der Waals surface area contributed by atoms with Gasteiger partial charge < -0.3 is 9.15 Å². The number of ketones is 1. The van der Waals surface area contributed by atoms with Crippen LogP contribution in [0.15, 0.2) is 46.2 Å². The van der Waals surface area contributed by atoms with Crippen LogP contribution in [-0.4, -0.2) is 39.0 Å². The number of hydrogen-bond donors (Lipinski definition) is 0. The quantitative estimate of drug-likeness (QED) is 0.438. The maximum absolute atomic E-state index is 13.1. The van der Waals surface area contributed by atoms with E-state index in [1.807, 2.05) is 17.6 Å². The van der Waals surface area contributed by atoms with Crippen LogP contribution in [0.3, 0.4) is 0 Å². The van der Waals surface area contributed by atoms with Gasteiger partial charge in [0.25, 0.3) is 0 Å². The van der Waals surface area contributed by atoms with Crippen LogP contribution in [0.5, 0.6) is 0 Å². The average Bonchev–Trinajstić information content (AvgIpc) is 3.43. The lowest BCUT2D eigenvalue weighted by atomic mass is 10.1. The summed E-state index contributed by atoms with van der Waals surface area (Å²) in [6.45, 7) is 3.27. The van der Waals surface area contributed by atoms with E-state index in [9.17, 15) is 9.18 Å². The highest BCUT2D eigenvalue weighted by atomic mass is 32.2. The third-order valence-electron chi connectivity index (χ3n) is 4.73. The second kappa shape index (κ2) is 8.28. The van der Waals surface area contributed by atoms with Crippen LogP contribution >= 0.6 is 11.8 Å². The second-order valence-electron chi connectivity index (χ2n) is 6.66. The summed E-state index contributed by atoms with van der Waals surface area (Å²) in [5, 5.41) is 9.30. The first-order chi connectivity index (χ1) is 13.6. The molecule has 3 aromatic rings. The van der Waals surface area contributed by atoms with Gasteiger partial charge >= 0.3 is 0 Å². The summed E-state index contributed by atoms with van der Waals surface area (Å²) in [4.78, 5) is 12.4. The van der Waals surface area contributed by atoms with E-state index in [0.717, 1.165) is 30.8 Å². The van der Waals surface area contributed by atoms with Gasteiger partial charge in [-0.25, -0.2) is 4.39 Å². The topological polar surface area (TPSA) is 70.2 Å². The number of furan rings is 1. The summed E-state index contributed by atoms with van der Waals surface area (Å²) in [7, 11) is 0. The van der Waals surface area contributed by atoms with Gasteiger partial charge in [-0.3, -0.25) is 9.36 Å². The molecule has 0 spiro atoms. The van der Waals surface area contributed by atoms with Crippen molar-refractivity contribution in [2.45, 2.75) is 37.6 Å². The van der Waals surface area contributed by atoms with E-state index in [1.54, 1.807) is 6.26 Å². The van der Waals surface area contributed by atoms with E-state index in [4.69, 9.17) is 9.15 Å². The SMILES string of the molecule is Cc1occc1-c1nnc(SCC(=O)c2ccc(F)cc2)n1C[C@H]1CCCO1. The normalized spacial score (nSPS) is 16.6. The molecular weight excluding hydrogens is 381 g/mol. The number of carbonyl (C=O) groups is 1. The molecule has 28 heavy (non-hydrogen) atoms. The molecule has 0 aliphatic carbocycles. The van der Waals surface area contributed by atoms with Gasteiger partial charge in [0, 0.05) is 12.2 Å². The highest BCUT2D eigenvalue weighted by Gasteiger charge is 2.23. The minimum atomic E-state index is -0.361. The third-order valence-corrected chi connectivity index (χ3v) is 5.69. The molecule has 6 nitrogen and oxygen atoms in total. The molecule has 1 fully saturated rings. The predicted octanol–water partition coefficient (Wildman–Crippen LogP) is 4.14. The van der Waals surface area contributed by atoms with Crippen molar-refractivity contribution >= 4 is 17.5 Å². The Balaban J connectivity index is 1.55. The maximum atomic E-state index is 13.1. The van der Waals surface area contributed by atoms with Crippen LogP contribution in [0.4, 0.5) is 4.39 Å². The molecule has 0 saturated carbocycles. The Morgan fingerprint density at radius 2 is 2.11 bits per heavy atom. The number of Topliss-reactive ketones (excluding diaryl/α,β-unsaturated/α-hetero) is 1. The smallest absolute Gasteiger partial charge is 0.192 e. The van der Waals surface area contributed by atoms with Crippen LogP contribution in [0.25, 0.3) is 11.4 Å². The lowest BCUT2D eigenvalue weighted by Gasteiger charge is -2.14. The monoisotopic (exact) mass is 401 g/mol. The summed E-state index contributed by atoms with van der Waals surface area (Å²) >= 11 is 1.32. The average molecular weight is 401 g/mol. The van der Waals surface area contributed by atoms with Crippen molar-refractivity contribution in [2.75, 3.05) is 12.4 Å². The van der Waals surface area contributed by atoms with Crippen molar-refractivity contribution in [3.8, 4) is 11.4 Å². The number of aryl methyl sites for hydroxylation is 1. The van der Waals surface area contributed by atoms with Crippen LogP contribution in [-0.2, 0) is 11.3 Å². The van der Waals surface area contributed by atoms with Crippen LogP contribution in [0.2, 0.25) is 0 Å². The van der Waals surface area contributed by atoms with Crippen LogP contribution < -0.4 is 0 Å². The Bertz CT molecular complexity index is 961. The number of hydrogen-bond acceptors (Lipinski definition) is 6. The fourth-order valence-electron chi connectivity index (χ4n) is 3.22. The Morgan fingerprint density at radius 1 is 1.29 bits per heavy atom. The van der Waals surface area contributed by atoms with E-state index in [0.29, 0.717) is 23.1 Å². The largest absolute Gasteiger partial charge is 0.469 e. The Morgan fingerprint density at radius 3 is 2.79 bits per heavy atom. The number of thioether (sulfide) groups is 1. The Labute approximate surface area is 166 Å². The van der Waals surface area contributed by atoms with Gasteiger partial charge in [-0.15, -0.1) is 10.2 Å². The van der Waals surface area contributed by atoms with E-state index in [-0.39, 0.29) is 23.5 Å². The molecule has 4 rings (SSSR count). The van der Waals surface area contributed by atoms with Crippen LogP contribution in [0, 0.1) is 12.7 Å². The van der Waals surface area contributed by atoms with Crippen molar-refractivity contribution in [2.24, 2.45) is 0 Å². The number of aromatic nitrogens is 3. The van der Waals surface area contributed by atoms with Crippen molar-refractivity contribution in [3.63, 3.8) is 0 Å². The fraction of sp³-hybridized carbons (Fsp3) is 0.350. The summed E-state index contributed by atoms with van der Waals surface area (Å²) in [6, 6.07) is 7.43. The molecule has 0 N–H and O–H groups in total. The van der Waals surface area contributed by atoms with E-state index < -0.39 is 0 Å².